The van der Waals surface area contributed by atoms with Crippen molar-refractivity contribution in [3.8, 4) is 5.75 Å². The fourth-order valence-electron chi connectivity index (χ4n) is 2.38. The van der Waals surface area contributed by atoms with E-state index in [1.54, 1.807) is 7.11 Å². The third-order valence-corrected chi connectivity index (χ3v) is 3.79. The van der Waals surface area contributed by atoms with Crippen LogP contribution in [-0.2, 0) is 0 Å². The molecular weight excluding hydrogens is 226 g/mol. The summed E-state index contributed by atoms with van der Waals surface area (Å²) in [7, 11) is 3.72. The number of methoxy groups -OCH3 is 1. The second-order valence-corrected chi connectivity index (χ2v) is 5.49. The maximum atomic E-state index is 10.2. The molecule has 3 atom stereocenters. The molecule has 0 bridgehead atoms. The quantitative estimate of drug-likeness (QED) is 0.840. The second-order valence-electron chi connectivity index (χ2n) is 5.49. The number of aliphatic hydroxyl groups excluding tert-OH is 1. The molecular formula is C15H23NO2. The maximum absolute atomic E-state index is 10.2. The van der Waals surface area contributed by atoms with Crippen molar-refractivity contribution in [2.24, 2.45) is 11.8 Å². The summed E-state index contributed by atoms with van der Waals surface area (Å²) in [5.74, 6) is 2.49. The lowest BCUT2D eigenvalue weighted by atomic mass is 10.1. The van der Waals surface area contributed by atoms with E-state index in [-0.39, 0.29) is 0 Å². The SMILES string of the molecule is COc1cccc(C(O)CN(C)CC2CC2C)c1. The molecule has 1 aliphatic rings. The van der Waals surface area contributed by atoms with Crippen molar-refractivity contribution in [1.82, 2.24) is 4.90 Å². The third-order valence-electron chi connectivity index (χ3n) is 3.79. The Labute approximate surface area is 109 Å². The van der Waals surface area contributed by atoms with Gasteiger partial charge < -0.3 is 14.7 Å². The van der Waals surface area contributed by atoms with Crippen molar-refractivity contribution < 1.29 is 9.84 Å². The molecule has 0 amide bonds. The number of hydrogen-bond donors (Lipinski definition) is 1. The van der Waals surface area contributed by atoms with E-state index in [2.05, 4.69) is 18.9 Å². The molecule has 3 unspecified atom stereocenters. The zero-order chi connectivity index (χ0) is 13.1. The first kappa shape index (κ1) is 13.4. The summed E-state index contributed by atoms with van der Waals surface area (Å²) in [6.45, 7) is 4.05. The highest BCUT2D eigenvalue weighted by Gasteiger charge is 2.33. The van der Waals surface area contributed by atoms with Gasteiger partial charge in [-0.2, -0.15) is 0 Å². The highest BCUT2D eigenvalue weighted by atomic mass is 16.5. The normalized spacial score (nSPS) is 24.1. The largest absolute Gasteiger partial charge is 0.497 e. The Morgan fingerprint density at radius 1 is 1.50 bits per heavy atom. The van der Waals surface area contributed by atoms with Crippen molar-refractivity contribution in [3.63, 3.8) is 0 Å². The van der Waals surface area contributed by atoms with Gasteiger partial charge in [0.15, 0.2) is 0 Å². The molecule has 2 rings (SSSR count). The fraction of sp³-hybridized carbons (Fsp3) is 0.600. The molecule has 1 N–H and O–H groups in total. The van der Waals surface area contributed by atoms with Crippen molar-refractivity contribution in [2.75, 3.05) is 27.2 Å². The Balaban J connectivity index is 1.87. The van der Waals surface area contributed by atoms with Crippen LogP contribution in [-0.4, -0.2) is 37.3 Å². The van der Waals surface area contributed by atoms with Gasteiger partial charge in [0.05, 0.1) is 13.2 Å². The average molecular weight is 249 g/mol. The third kappa shape index (κ3) is 3.47. The van der Waals surface area contributed by atoms with Gasteiger partial charge in [-0.3, -0.25) is 0 Å². The van der Waals surface area contributed by atoms with E-state index in [1.807, 2.05) is 24.3 Å². The van der Waals surface area contributed by atoms with Crippen LogP contribution in [0.15, 0.2) is 24.3 Å². The molecule has 1 saturated carbocycles. The van der Waals surface area contributed by atoms with Crippen LogP contribution in [0.1, 0.15) is 25.0 Å². The standard InChI is InChI=1S/C15H23NO2/c1-11-7-13(11)9-16(2)10-15(17)12-5-4-6-14(8-12)18-3/h4-6,8,11,13,15,17H,7,9-10H2,1-3H3. The fourth-order valence-corrected chi connectivity index (χ4v) is 2.38. The molecule has 3 nitrogen and oxygen atoms in total. The van der Waals surface area contributed by atoms with Crippen molar-refractivity contribution in [1.29, 1.82) is 0 Å². The van der Waals surface area contributed by atoms with Gasteiger partial charge >= 0.3 is 0 Å². The lowest BCUT2D eigenvalue weighted by molar-refractivity contribution is 0.123. The Morgan fingerprint density at radius 3 is 2.83 bits per heavy atom. The molecule has 1 aromatic carbocycles. The zero-order valence-electron chi connectivity index (χ0n) is 11.5. The van der Waals surface area contributed by atoms with Crippen molar-refractivity contribution in [3.05, 3.63) is 29.8 Å². The van der Waals surface area contributed by atoms with Gasteiger partial charge in [0.25, 0.3) is 0 Å². The summed E-state index contributed by atoms with van der Waals surface area (Å²) in [5, 5.41) is 10.2. The molecule has 0 aromatic heterocycles. The van der Waals surface area contributed by atoms with Gasteiger partial charge in [0, 0.05) is 13.1 Å². The lowest BCUT2D eigenvalue weighted by Gasteiger charge is -2.21. The van der Waals surface area contributed by atoms with Crippen LogP contribution in [0.5, 0.6) is 5.75 Å². The Bertz CT molecular complexity index is 394. The van der Waals surface area contributed by atoms with Crippen LogP contribution in [0.25, 0.3) is 0 Å². The van der Waals surface area contributed by atoms with Crippen LogP contribution in [0.2, 0.25) is 0 Å². The molecule has 1 aliphatic carbocycles. The average Bonchev–Trinajstić information content (AvgIpc) is 3.04. The van der Waals surface area contributed by atoms with Crippen LogP contribution in [0.4, 0.5) is 0 Å². The minimum Gasteiger partial charge on any atom is -0.497 e. The van der Waals surface area contributed by atoms with Gasteiger partial charge in [-0.15, -0.1) is 0 Å². The van der Waals surface area contributed by atoms with Crippen LogP contribution in [0.3, 0.4) is 0 Å². The Kier molecular flexibility index (Phi) is 4.25. The summed E-state index contributed by atoms with van der Waals surface area (Å²) >= 11 is 0. The predicted octanol–water partition coefficient (Wildman–Crippen LogP) is 2.32. The molecule has 1 fully saturated rings. The van der Waals surface area contributed by atoms with Gasteiger partial charge in [-0.25, -0.2) is 0 Å². The monoisotopic (exact) mass is 249 g/mol. The molecule has 1 aromatic rings. The van der Waals surface area contributed by atoms with E-state index >= 15 is 0 Å². The number of rotatable bonds is 6. The first-order chi connectivity index (χ1) is 8.60. The number of likely N-dealkylation sites (N-methyl/N-ethyl adjacent to an activating group) is 1. The highest BCUT2D eigenvalue weighted by Crippen LogP contribution is 2.38. The first-order valence-electron chi connectivity index (χ1n) is 6.60. The minimum atomic E-state index is -0.445. The molecule has 18 heavy (non-hydrogen) atoms. The molecule has 0 heterocycles. The van der Waals surface area contributed by atoms with Crippen LogP contribution < -0.4 is 4.74 Å². The molecule has 0 spiro atoms. The number of aliphatic hydroxyl groups is 1. The van der Waals surface area contributed by atoms with Crippen molar-refractivity contribution >= 4 is 0 Å². The van der Waals surface area contributed by atoms with E-state index in [9.17, 15) is 5.11 Å². The van der Waals surface area contributed by atoms with E-state index in [4.69, 9.17) is 4.74 Å². The topological polar surface area (TPSA) is 32.7 Å². The second kappa shape index (κ2) is 5.72. The highest BCUT2D eigenvalue weighted by molar-refractivity contribution is 5.29. The number of benzene rings is 1. The molecule has 0 radical (unpaired) electrons. The number of ether oxygens (including phenoxy) is 1. The summed E-state index contributed by atoms with van der Waals surface area (Å²) < 4.78 is 5.17. The summed E-state index contributed by atoms with van der Waals surface area (Å²) in [4.78, 5) is 2.22. The summed E-state index contributed by atoms with van der Waals surface area (Å²) in [5.41, 5.74) is 0.921. The minimum absolute atomic E-state index is 0.445. The molecule has 3 heteroatoms. The number of hydrogen-bond acceptors (Lipinski definition) is 3. The lowest BCUT2D eigenvalue weighted by Crippen LogP contribution is -2.27. The van der Waals surface area contributed by atoms with Gasteiger partial charge in [0.1, 0.15) is 5.75 Å². The first-order valence-corrected chi connectivity index (χ1v) is 6.60. The molecule has 100 valence electrons. The summed E-state index contributed by atoms with van der Waals surface area (Å²) in [6, 6.07) is 7.66. The van der Waals surface area contributed by atoms with E-state index < -0.39 is 6.10 Å². The van der Waals surface area contributed by atoms with Gasteiger partial charge in [0.2, 0.25) is 0 Å². The van der Waals surface area contributed by atoms with E-state index in [0.717, 1.165) is 29.7 Å². The van der Waals surface area contributed by atoms with Gasteiger partial charge in [-0.1, -0.05) is 19.1 Å². The van der Waals surface area contributed by atoms with Crippen LogP contribution >= 0.6 is 0 Å². The molecule has 0 aliphatic heterocycles. The summed E-state index contributed by atoms with van der Waals surface area (Å²) in [6.07, 6.45) is 0.888. The Hall–Kier alpha value is -1.06. The maximum Gasteiger partial charge on any atom is 0.119 e. The number of nitrogens with zero attached hydrogens (tertiary/aromatic N) is 1. The zero-order valence-corrected chi connectivity index (χ0v) is 11.5. The smallest absolute Gasteiger partial charge is 0.119 e. The predicted molar refractivity (Wildman–Crippen MR) is 72.7 cm³/mol. The Morgan fingerprint density at radius 2 is 2.22 bits per heavy atom. The van der Waals surface area contributed by atoms with Crippen molar-refractivity contribution in [2.45, 2.75) is 19.4 Å². The van der Waals surface area contributed by atoms with Crippen LogP contribution in [0, 0.1) is 11.8 Å². The van der Waals surface area contributed by atoms with E-state index in [0.29, 0.717) is 6.54 Å². The van der Waals surface area contributed by atoms with Gasteiger partial charge in [-0.05, 0) is 43.0 Å². The van der Waals surface area contributed by atoms with E-state index in [1.165, 1.54) is 6.42 Å². The molecule has 0 saturated heterocycles.